The molecule has 0 unspecified atom stereocenters. The van der Waals surface area contributed by atoms with Crippen LogP contribution in [0.2, 0.25) is 0 Å². The molecule has 1 amide bonds. The lowest BCUT2D eigenvalue weighted by molar-refractivity contribution is -0.115. The van der Waals surface area contributed by atoms with E-state index in [9.17, 15) is 4.79 Å². The highest BCUT2D eigenvalue weighted by molar-refractivity contribution is 7.13. The predicted octanol–water partition coefficient (Wildman–Crippen LogP) is 4.77. The zero-order valence-corrected chi connectivity index (χ0v) is 16.6. The molecule has 0 bridgehead atoms. The first-order valence-electron chi connectivity index (χ1n) is 9.79. The van der Waals surface area contributed by atoms with E-state index < -0.39 is 0 Å². The molecular formula is C22H24N4OS. The minimum absolute atomic E-state index is 0.0415. The number of amides is 1. The molecule has 1 aromatic carbocycles. The Hall–Kier alpha value is -2.73. The van der Waals surface area contributed by atoms with E-state index in [0.717, 1.165) is 40.9 Å². The molecule has 5 nitrogen and oxygen atoms in total. The SMILES string of the molecule is O=C(Cc1csc(-c2ccccn2)n1)Nc1ccccc1N1CCCCCC1. The summed E-state index contributed by atoms with van der Waals surface area (Å²) in [5, 5.41) is 5.87. The number of rotatable bonds is 5. The van der Waals surface area contributed by atoms with Crippen molar-refractivity contribution in [1.29, 1.82) is 0 Å². The Bertz CT molecular complexity index is 917. The molecule has 2 aromatic heterocycles. The summed E-state index contributed by atoms with van der Waals surface area (Å²) in [6.45, 7) is 2.10. The smallest absolute Gasteiger partial charge is 0.230 e. The maximum absolute atomic E-state index is 12.6. The summed E-state index contributed by atoms with van der Waals surface area (Å²) in [4.78, 5) is 23.9. The van der Waals surface area contributed by atoms with Gasteiger partial charge in [0.05, 0.1) is 29.2 Å². The average molecular weight is 393 g/mol. The third-order valence-corrected chi connectivity index (χ3v) is 5.82. The van der Waals surface area contributed by atoms with E-state index >= 15 is 0 Å². The van der Waals surface area contributed by atoms with Gasteiger partial charge in [-0.3, -0.25) is 9.78 Å². The molecule has 1 saturated heterocycles. The zero-order valence-electron chi connectivity index (χ0n) is 15.8. The first kappa shape index (κ1) is 18.6. The minimum atomic E-state index is -0.0415. The molecule has 144 valence electrons. The Morgan fingerprint density at radius 3 is 2.61 bits per heavy atom. The van der Waals surface area contributed by atoms with Gasteiger partial charge in [-0.05, 0) is 37.1 Å². The highest BCUT2D eigenvalue weighted by Crippen LogP contribution is 2.28. The summed E-state index contributed by atoms with van der Waals surface area (Å²) in [5.41, 5.74) is 3.61. The number of anilines is 2. The van der Waals surface area contributed by atoms with Gasteiger partial charge < -0.3 is 10.2 Å². The topological polar surface area (TPSA) is 58.1 Å². The second-order valence-corrected chi connectivity index (χ2v) is 7.86. The van der Waals surface area contributed by atoms with Crippen molar-refractivity contribution in [2.45, 2.75) is 32.1 Å². The molecule has 0 radical (unpaired) electrons. The summed E-state index contributed by atoms with van der Waals surface area (Å²) in [6.07, 6.45) is 7.00. The minimum Gasteiger partial charge on any atom is -0.370 e. The summed E-state index contributed by atoms with van der Waals surface area (Å²) in [7, 11) is 0. The summed E-state index contributed by atoms with van der Waals surface area (Å²) < 4.78 is 0. The molecule has 6 heteroatoms. The molecule has 1 fully saturated rings. The second-order valence-electron chi connectivity index (χ2n) is 7.00. The fourth-order valence-electron chi connectivity index (χ4n) is 3.52. The van der Waals surface area contributed by atoms with Crippen molar-refractivity contribution >= 4 is 28.6 Å². The van der Waals surface area contributed by atoms with Crippen LogP contribution in [0.5, 0.6) is 0 Å². The van der Waals surface area contributed by atoms with Crippen LogP contribution in [-0.2, 0) is 11.2 Å². The normalized spacial score (nSPS) is 14.5. The van der Waals surface area contributed by atoms with E-state index in [2.05, 4.69) is 26.3 Å². The van der Waals surface area contributed by atoms with Gasteiger partial charge in [-0.15, -0.1) is 11.3 Å². The van der Waals surface area contributed by atoms with Crippen LogP contribution in [0.25, 0.3) is 10.7 Å². The van der Waals surface area contributed by atoms with Gasteiger partial charge in [0.25, 0.3) is 0 Å². The van der Waals surface area contributed by atoms with Crippen LogP contribution in [0.15, 0.2) is 54.0 Å². The van der Waals surface area contributed by atoms with Crippen LogP contribution >= 0.6 is 11.3 Å². The third-order valence-electron chi connectivity index (χ3n) is 4.90. The van der Waals surface area contributed by atoms with E-state index in [1.54, 1.807) is 6.20 Å². The number of carbonyl (C=O) groups is 1. The fraction of sp³-hybridized carbons (Fsp3) is 0.318. The van der Waals surface area contributed by atoms with Crippen molar-refractivity contribution in [3.63, 3.8) is 0 Å². The second kappa shape index (κ2) is 8.97. The lowest BCUT2D eigenvalue weighted by atomic mass is 10.2. The maximum Gasteiger partial charge on any atom is 0.230 e. The van der Waals surface area contributed by atoms with Gasteiger partial charge in [0.2, 0.25) is 5.91 Å². The number of benzene rings is 1. The molecule has 1 aliphatic heterocycles. The summed E-state index contributed by atoms with van der Waals surface area (Å²) in [5.74, 6) is -0.0415. The predicted molar refractivity (Wildman–Crippen MR) is 115 cm³/mol. The first-order chi connectivity index (χ1) is 13.8. The van der Waals surface area contributed by atoms with Crippen LogP contribution in [0.1, 0.15) is 31.4 Å². The van der Waals surface area contributed by atoms with Crippen molar-refractivity contribution < 1.29 is 4.79 Å². The molecule has 0 aliphatic carbocycles. The molecule has 0 atom stereocenters. The number of pyridine rings is 1. The Labute approximate surface area is 169 Å². The Morgan fingerprint density at radius 2 is 1.82 bits per heavy atom. The number of para-hydroxylation sites is 2. The van der Waals surface area contributed by atoms with E-state index in [1.165, 1.54) is 37.0 Å². The Balaban J connectivity index is 1.44. The van der Waals surface area contributed by atoms with Crippen LogP contribution in [0.4, 0.5) is 11.4 Å². The summed E-state index contributed by atoms with van der Waals surface area (Å²) >= 11 is 1.52. The van der Waals surface area contributed by atoms with Crippen molar-refractivity contribution in [3.05, 3.63) is 59.7 Å². The van der Waals surface area contributed by atoms with Crippen LogP contribution in [0, 0.1) is 0 Å². The van der Waals surface area contributed by atoms with E-state index in [0.29, 0.717) is 0 Å². The fourth-order valence-corrected chi connectivity index (χ4v) is 4.32. The number of thiazole rings is 1. The number of nitrogens with one attached hydrogen (secondary N) is 1. The highest BCUT2D eigenvalue weighted by Gasteiger charge is 2.16. The van der Waals surface area contributed by atoms with E-state index in [1.807, 2.05) is 41.8 Å². The zero-order chi connectivity index (χ0) is 19.2. The molecule has 0 spiro atoms. The standard InChI is InChI=1S/C22H24N4OS/c27-21(15-17-16-28-22(24-17)19-10-5-6-12-23-19)25-18-9-3-4-11-20(18)26-13-7-1-2-8-14-26/h3-6,9-12,16H,1-2,7-8,13-15H2,(H,25,27). The van der Waals surface area contributed by atoms with E-state index in [4.69, 9.17) is 0 Å². The lowest BCUT2D eigenvalue weighted by Gasteiger charge is -2.25. The van der Waals surface area contributed by atoms with Crippen LogP contribution in [-0.4, -0.2) is 29.0 Å². The molecular weight excluding hydrogens is 368 g/mol. The summed E-state index contributed by atoms with van der Waals surface area (Å²) in [6, 6.07) is 13.8. The third kappa shape index (κ3) is 4.57. The maximum atomic E-state index is 12.6. The van der Waals surface area contributed by atoms with Gasteiger partial charge >= 0.3 is 0 Å². The van der Waals surface area contributed by atoms with E-state index in [-0.39, 0.29) is 12.3 Å². The van der Waals surface area contributed by atoms with Crippen molar-refractivity contribution in [1.82, 2.24) is 9.97 Å². The van der Waals surface area contributed by atoms with Gasteiger partial charge in [0.15, 0.2) is 0 Å². The molecule has 0 saturated carbocycles. The van der Waals surface area contributed by atoms with Crippen LogP contribution < -0.4 is 10.2 Å². The number of carbonyl (C=O) groups excluding carboxylic acids is 1. The quantitative estimate of drug-likeness (QED) is 0.680. The average Bonchev–Trinajstić information content (AvgIpc) is 3.01. The monoisotopic (exact) mass is 392 g/mol. The van der Waals surface area contributed by atoms with Gasteiger partial charge in [-0.2, -0.15) is 0 Å². The van der Waals surface area contributed by atoms with Gasteiger partial charge in [-0.25, -0.2) is 4.98 Å². The van der Waals surface area contributed by atoms with Gasteiger partial charge in [0.1, 0.15) is 5.01 Å². The molecule has 3 aromatic rings. The number of hydrogen-bond acceptors (Lipinski definition) is 5. The van der Waals surface area contributed by atoms with Crippen LogP contribution in [0.3, 0.4) is 0 Å². The number of hydrogen-bond donors (Lipinski definition) is 1. The largest absolute Gasteiger partial charge is 0.370 e. The molecule has 3 heterocycles. The number of aromatic nitrogens is 2. The Morgan fingerprint density at radius 1 is 1.04 bits per heavy atom. The highest BCUT2D eigenvalue weighted by atomic mass is 32.1. The Kier molecular flexibility index (Phi) is 5.97. The molecule has 4 rings (SSSR count). The lowest BCUT2D eigenvalue weighted by Crippen LogP contribution is -2.26. The molecule has 1 aliphatic rings. The molecule has 28 heavy (non-hydrogen) atoms. The molecule has 1 N–H and O–H groups in total. The first-order valence-corrected chi connectivity index (χ1v) is 10.7. The van der Waals surface area contributed by atoms with Crippen molar-refractivity contribution in [2.24, 2.45) is 0 Å². The number of nitrogens with zero attached hydrogens (tertiary/aromatic N) is 3. The van der Waals surface area contributed by atoms with Crippen molar-refractivity contribution in [3.8, 4) is 10.7 Å². The van der Waals surface area contributed by atoms with Crippen molar-refractivity contribution in [2.75, 3.05) is 23.3 Å². The van der Waals surface area contributed by atoms with Gasteiger partial charge in [0, 0.05) is 24.7 Å². The van der Waals surface area contributed by atoms with Gasteiger partial charge in [-0.1, -0.05) is 31.0 Å².